The normalized spacial score (nSPS) is 10.8. The van der Waals surface area contributed by atoms with Crippen molar-refractivity contribution in [3.63, 3.8) is 0 Å². The zero-order valence-corrected chi connectivity index (χ0v) is 10.8. The molecule has 0 aliphatic rings. The van der Waals surface area contributed by atoms with Crippen molar-refractivity contribution in [3.05, 3.63) is 24.0 Å². The summed E-state index contributed by atoms with van der Waals surface area (Å²) in [5.74, 6) is 1.67. The highest BCUT2D eigenvalue weighted by Gasteiger charge is 2.11. The third-order valence-corrected chi connectivity index (χ3v) is 2.72. The minimum absolute atomic E-state index is 0.312. The highest BCUT2D eigenvalue weighted by atomic mass is 16.5. The topological polar surface area (TPSA) is 54.1 Å². The van der Waals surface area contributed by atoms with Crippen molar-refractivity contribution >= 4 is 11.0 Å². The van der Waals surface area contributed by atoms with Crippen molar-refractivity contribution in [1.82, 2.24) is 14.5 Å². The van der Waals surface area contributed by atoms with Crippen LogP contribution in [0.2, 0.25) is 0 Å². The Hall–Kier alpha value is -2.06. The molecule has 0 fully saturated rings. The van der Waals surface area contributed by atoms with Crippen LogP contribution in [0.4, 0.5) is 0 Å². The first-order valence-electron chi connectivity index (χ1n) is 5.70. The molecule has 1 aromatic carbocycles. The van der Waals surface area contributed by atoms with Crippen LogP contribution < -0.4 is 4.74 Å². The van der Waals surface area contributed by atoms with Gasteiger partial charge in [0.2, 0.25) is 0 Å². The van der Waals surface area contributed by atoms with Gasteiger partial charge in [0.05, 0.1) is 30.8 Å². The van der Waals surface area contributed by atoms with Gasteiger partial charge in [0.15, 0.2) is 0 Å². The summed E-state index contributed by atoms with van der Waals surface area (Å²) in [5, 5.41) is 8.92. The van der Waals surface area contributed by atoms with Crippen LogP contribution in [0.3, 0.4) is 0 Å². The molecule has 0 N–H and O–H groups in total. The zero-order valence-electron chi connectivity index (χ0n) is 10.8. The maximum Gasteiger partial charge on any atom is 0.125 e. The molecule has 0 bridgehead atoms. The molecule has 1 heterocycles. The summed E-state index contributed by atoms with van der Waals surface area (Å²) in [5.41, 5.74) is 1.83. The monoisotopic (exact) mass is 244 g/mol. The molecule has 0 amide bonds. The van der Waals surface area contributed by atoms with E-state index in [4.69, 9.17) is 10.00 Å². The maximum absolute atomic E-state index is 8.92. The Morgan fingerprint density at radius 1 is 1.44 bits per heavy atom. The Morgan fingerprint density at radius 2 is 2.22 bits per heavy atom. The number of ether oxygens (including phenoxy) is 1. The third kappa shape index (κ3) is 2.29. The molecule has 5 nitrogen and oxygen atoms in total. The van der Waals surface area contributed by atoms with Gasteiger partial charge < -0.3 is 14.2 Å². The van der Waals surface area contributed by atoms with E-state index in [9.17, 15) is 0 Å². The van der Waals surface area contributed by atoms with Crippen LogP contribution in [0.15, 0.2) is 18.2 Å². The Bertz CT molecular complexity index is 595. The van der Waals surface area contributed by atoms with E-state index in [0.717, 1.165) is 22.6 Å². The lowest BCUT2D eigenvalue weighted by Gasteiger charge is -2.10. The molecule has 0 aliphatic heterocycles. The largest absolute Gasteiger partial charge is 0.497 e. The van der Waals surface area contributed by atoms with Crippen molar-refractivity contribution in [2.45, 2.75) is 13.1 Å². The number of fused-ring (bicyclic) bond motifs is 1. The molecule has 2 rings (SSSR count). The lowest BCUT2D eigenvalue weighted by molar-refractivity contribution is 0.384. The Labute approximate surface area is 106 Å². The van der Waals surface area contributed by atoms with Gasteiger partial charge in [0.1, 0.15) is 18.1 Å². The van der Waals surface area contributed by atoms with E-state index in [-0.39, 0.29) is 0 Å². The zero-order chi connectivity index (χ0) is 13.1. The molecule has 0 saturated carbocycles. The fraction of sp³-hybridized carbons (Fsp3) is 0.385. The standard InChI is InChI=1S/C13H16N4O/c1-16(2)9-13-15-11-8-10(18-3)4-5-12(11)17(13)7-6-14/h4-5,8H,7,9H2,1-3H3. The predicted octanol–water partition coefficient (Wildman–Crippen LogP) is 1.63. The van der Waals surface area contributed by atoms with E-state index >= 15 is 0 Å². The molecule has 1 aromatic heterocycles. The number of methoxy groups -OCH3 is 1. The average Bonchev–Trinajstić information content (AvgIpc) is 2.66. The van der Waals surface area contributed by atoms with Gasteiger partial charge in [-0.05, 0) is 26.2 Å². The number of nitrogens with zero attached hydrogens (tertiary/aromatic N) is 4. The van der Waals surface area contributed by atoms with E-state index < -0.39 is 0 Å². The fourth-order valence-corrected chi connectivity index (χ4v) is 1.94. The number of rotatable bonds is 4. The average molecular weight is 244 g/mol. The number of imidazole rings is 1. The van der Waals surface area contributed by atoms with Gasteiger partial charge in [-0.3, -0.25) is 0 Å². The number of nitriles is 1. The molecule has 2 aromatic rings. The molecule has 0 radical (unpaired) electrons. The van der Waals surface area contributed by atoms with E-state index in [2.05, 4.69) is 11.1 Å². The molecular formula is C13H16N4O. The summed E-state index contributed by atoms with van der Waals surface area (Å²) in [7, 11) is 5.60. The van der Waals surface area contributed by atoms with Gasteiger partial charge in [-0.1, -0.05) is 0 Å². The number of benzene rings is 1. The first kappa shape index (κ1) is 12.4. The van der Waals surface area contributed by atoms with E-state index in [1.165, 1.54) is 0 Å². The van der Waals surface area contributed by atoms with Gasteiger partial charge in [-0.15, -0.1) is 0 Å². The van der Waals surface area contributed by atoms with Crippen LogP contribution in [0.5, 0.6) is 5.75 Å². The molecule has 0 saturated heterocycles. The highest BCUT2D eigenvalue weighted by Crippen LogP contribution is 2.22. The van der Waals surface area contributed by atoms with Gasteiger partial charge in [0.25, 0.3) is 0 Å². The van der Waals surface area contributed by atoms with Crippen LogP contribution in [0, 0.1) is 11.3 Å². The van der Waals surface area contributed by atoms with Crippen molar-refractivity contribution in [3.8, 4) is 11.8 Å². The summed E-state index contributed by atoms with van der Waals surface area (Å²) < 4.78 is 7.13. The second-order valence-corrected chi connectivity index (χ2v) is 4.36. The smallest absolute Gasteiger partial charge is 0.125 e. The number of hydrogen-bond acceptors (Lipinski definition) is 4. The van der Waals surface area contributed by atoms with Crippen molar-refractivity contribution in [2.24, 2.45) is 0 Å². The van der Waals surface area contributed by atoms with Crippen molar-refractivity contribution < 1.29 is 4.74 Å². The van der Waals surface area contributed by atoms with Gasteiger partial charge >= 0.3 is 0 Å². The van der Waals surface area contributed by atoms with Crippen LogP contribution >= 0.6 is 0 Å². The van der Waals surface area contributed by atoms with Crippen LogP contribution in [-0.4, -0.2) is 35.7 Å². The van der Waals surface area contributed by atoms with Gasteiger partial charge in [0, 0.05) is 6.07 Å². The van der Waals surface area contributed by atoms with Crippen LogP contribution in [0.25, 0.3) is 11.0 Å². The maximum atomic E-state index is 8.92. The molecule has 0 unspecified atom stereocenters. The minimum atomic E-state index is 0.312. The summed E-state index contributed by atoms with van der Waals surface area (Å²) >= 11 is 0. The summed E-state index contributed by atoms with van der Waals surface area (Å²) in [6, 6.07) is 7.90. The lowest BCUT2D eigenvalue weighted by Crippen LogP contribution is -2.15. The SMILES string of the molecule is COc1ccc2c(c1)nc(CN(C)C)n2CC#N. The van der Waals surface area contributed by atoms with Crippen LogP contribution in [0.1, 0.15) is 5.82 Å². The van der Waals surface area contributed by atoms with E-state index in [0.29, 0.717) is 13.1 Å². The fourth-order valence-electron chi connectivity index (χ4n) is 1.94. The predicted molar refractivity (Wildman–Crippen MR) is 69.3 cm³/mol. The second kappa shape index (κ2) is 5.07. The van der Waals surface area contributed by atoms with Gasteiger partial charge in [-0.2, -0.15) is 5.26 Å². The van der Waals surface area contributed by atoms with E-state index in [1.54, 1.807) is 7.11 Å². The Balaban J connectivity index is 2.55. The number of aromatic nitrogens is 2. The first-order chi connectivity index (χ1) is 8.65. The molecule has 0 aliphatic carbocycles. The van der Waals surface area contributed by atoms with E-state index in [1.807, 2.05) is 41.8 Å². The van der Waals surface area contributed by atoms with Crippen molar-refractivity contribution in [2.75, 3.05) is 21.2 Å². The quantitative estimate of drug-likeness (QED) is 0.820. The summed E-state index contributed by atoms with van der Waals surface area (Å²) in [6.45, 7) is 1.02. The minimum Gasteiger partial charge on any atom is -0.497 e. The van der Waals surface area contributed by atoms with Gasteiger partial charge in [-0.25, -0.2) is 4.98 Å². The second-order valence-electron chi connectivity index (χ2n) is 4.36. The van der Waals surface area contributed by atoms with Crippen LogP contribution in [-0.2, 0) is 13.1 Å². The molecule has 0 spiro atoms. The molecular weight excluding hydrogens is 228 g/mol. The molecule has 0 atom stereocenters. The Kier molecular flexibility index (Phi) is 3.49. The Morgan fingerprint density at radius 3 is 2.83 bits per heavy atom. The number of hydrogen-bond donors (Lipinski definition) is 0. The first-order valence-corrected chi connectivity index (χ1v) is 5.70. The summed E-state index contributed by atoms with van der Waals surface area (Å²) in [6.07, 6.45) is 0. The molecule has 18 heavy (non-hydrogen) atoms. The summed E-state index contributed by atoms with van der Waals surface area (Å²) in [4.78, 5) is 6.60. The third-order valence-electron chi connectivity index (χ3n) is 2.72. The molecule has 5 heteroatoms. The lowest BCUT2D eigenvalue weighted by atomic mass is 10.3. The van der Waals surface area contributed by atoms with Crippen molar-refractivity contribution in [1.29, 1.82) is 5.26 Å². The molecule has 94 valence electrons. The highest BCUT2D eigenvalue weighted by molar-refractivity contribution is 5.78.